The highest BCUT2D eigenvalue weighted by Gasteiger charge is 2.42. The van der Waals surface area contributed by atoms with Gasteiger partial charge in [-0.3, -0.25) is 9.69 Å². The van der Waals surface area contributed by atoms with Gasteiger partial charge in [0.15, 0.2) is 9.84 Å². The molecule has 0 spiro atoms. The Kier molecular flexibility index (Phi) is 5.05. The molecule has 2 aliphatic rings. The molecule has 3 heterocycles. The highest BCUT2D eigenvalue weighted by molar-refractivity contribution is 7.91. The molecule has 0 bridgehead atoms. The van der Waals surface area contributed by atoms with Crippen molar-refractivity contribution in [3.8, 4) is 10.4 Å². The molecule has 0 saturated carbocycles. The van der Waals surface area contributed by atoms with E-state index in [1.165, 1.54) is 23.5 Å². The predicted octanol–water partition coefficient (Wildman–Crippen LogP) is 2.55. The number of thiophene rings is 1. The first-order chi connectivity index (χ1) is 12.9. The van der Waals surface area contributed by atoms with Crippen LogP contribution in [0.5, 0.6) is 0 Å². The third-order valence-corrected chi connectivity index (χ3v) is 8.06. The molecule has 144 valence electrons. The number of rotatable bonds is 4. The van der Waals surface area contributed by atoms with Crippen LogP contribution in [0, 0.1) is 5.82 Å². The van der Waals surface area contributed by atoms with Crippen LogP contribution in [0.2, 0.25) is 0 Å². The molecular weight excluding hydrogens is 387 g/mol. The SMILES string of the molecule is O=C(NC1CS(=O)(=O)CC1N1CCCC1)c1ccc(-c2ccc(F)cc2)s1. The molecule has 0 aliphatic carbocycles. The monoisotopic (exact) mass is 408 g/mol. The van der Waals surface area contributed by atoms with Crippen LogP contribution in [0.3, 0.4) is 0 Å². The standard InChI is InChI=1S/C19H21FN2O3S2/c20-14-5-3-13(4-6-14)17-7-8-18(26-17)19(23)21-15-11-27(24,25)12-16(15)22-9-1-2-10-22/h3-8,15-16H,1-2,9-12H2,(H,21,23). The van der Waals surface area contributed by atoms with Crippen LogP contribution in [0.15, 0.2) is 36.4 Å². The fraction of sp³-hybridized carbons (Fsp3) is 0.421. The van der Waals surface area contributed by atoms with Crippen molar-refractivity contribution < 1.29 is 17.6 Å². The Balaban J connectivity index is 1.49. The number of halogens is 1. The number of sulfone groups is 1. The molecule has 0 radical (unpaired) electrons. The topological polar surface area (TPSA) is 66.5 Å². The van der Waals surface area contributed by atoms with E-state index in [9.17, 15) is 17.6 Å². The zero-order valence-electron chi connectivity index (χ0n) is 14.7. The van der Waals surface area contributed by atoms with Crippen LogP contribution in [0.25, 0.3) is 10.4 Å². The summed E-state index contributed by atoms with van der Waals surface area (Å²) in [6.07, 6.45) is 2.15. The Morgan fingerprint density at radius 1 is 1.07 bits per heavy atom. The zero-order valence-corrected chi connectivity index (χ0v) is 16.4. The van der Waals surface area contributed by atoms with E-state index >= 15 is 0 Å². The number of amides is 1. The Hall–Kier alpha value is -1.77. The van der Waals surface area contributed by atoms with Crippen LogP contribution in [0.4, 0.5) is 4.39 Å². The van der Waals surface area contributed by atoms with Gasteiger partial charge in [0.05, 0.1) is 22.4 Å². The molecule has 1 aromatic heterocycles. The summed E-state index contributed by atoms with van der Waals surface area (Å²) in [5.74, 6) is -0.442. The Bertz CT molecular complexity index is 934. The van der Waals surface area contributed by atoms with Crippen molar-refractivity contribution in [1.82, 2.24) is 10.2 Å². The van der Waals surface area contributed by atoms with Crippen molar-refractivity contribution in [2.24, 2.45) is 0 Å². The summed E-state index contributed by atoms with van der Waals surface area (Å²) in [6, 6.07) is 9.17. The molecule has 1 amide bonds. The summed E-state index contributed by atoms with van der Waals surface area (Å²) >= 11 is 1.32. The largest absolute Gasteiger partial charge is 0.346 e. The van der Waals surface area contributed by atoms with Crippen LogP contribution in [-0.4, -0.2) is 55.9 Å². The van der Waals surface area contributed by atoms with Crippen molar-refractivity contribution in [2.45, 2.75) is 24.9 Å². The van der Waals surface area contributed by atoms with Gasteiger partial charge in [0, 0.05) is 10.9 Å². The summed E-state index contributed by atoms with van der Waals surface area (Å²) in [7, 11) is -3.14. The highest BCUT2D eigenvalue weighted by atomic mass is 32.2. The van der Waals surface area contributed by atoms with Crippen molar-refractivity contribution in [3.05, 3.63) is 47.1 Å². The maximum Gasteiger partial charge on any atom is 0.261 e. The van der Waals surface area contributed by atoms with Crippen LogP contribution >= 0.6 is 11.3 Å². The Morgan fingerprint density at radius 3 is 2.48 bits per heavy atom. The molecule has 2 fully saturated rings. The van der Waals surface area contributed by atoms with Gasteiger partial charge in [-0.2, -0.15) is 0 Å². The van der Waals surface area contributed by atoms with E-state index in [4.69, 9.17) is 0 Å². The van der Waals surface area contributed by atoms with E-state index in [2.05, 4.69) is 10.2 Å². The maximum atomic E-state index is 13.1. The molecule has 8 heteroatoms. The maximum absolute atomic E-state index is 13.1. The van der Waals surface area contributed by atoms with Gasteiger partial charge < -0.3 is 5.32 Å². The lowest BCUT2D eigenvalue weighted by Gasteiger charge is -2.28. The lowest BCUT2D eigenvalue weighted by molar-refractivity contribution is 0.0923. The van der Waals surface area contributed by atoms with Crippen molar-refractivity contribution >= 4 is 27.1 Å². The second-order valence-corrected chi connectivity index (χ2v) is 10.4. The third kappa shape index (κ3) is 4.07. The lowest BCUT2D eigenvalue weighted by atomic mass is 10.1. The molecule has 2 aliphatic heterocycles. The third-order valence-electron chi connectivity index (χ3n) is 5.21. The quantitative estimate of drug-likeness (QED) is 0.844. The molecule has 4 rings (SSSR count). The number of carbonyl (C=O) groups is 1. The molecular formula is C19H21FN2O3S2. The van der Waals surface area contributed by atoms with Crippen LogP contribution in [0.1, 0.15) is 22.5 Å². The molecule has 2 unspecified atom stereocenters. The molecule has 2 aromatic rings. The van der Waals surface area contributed by atoms with Gasteiger partial charge in [-0.15, -0.1) is 11.3 Å². The number of benzene rings is 1. The van der Waals surface area contributed by atoms with Gasteiger partial charge in [-0.05, 0) is 55.8 Å². The van der Waals surface area contributed by atoms with Gasteiger partial charge in [-0.1, -0.05) is 12.1 Å². The van der Waals surface area contributed by atoms with Crippen molar-refractivity contribution in [3.63, 3.8) is 0 Å². The number of nitrogens with zero attached hydrogens (tertiary/aromatic N) is 1. The number of likely N-dealkylation sites (tertiary alicyclic amines) is 1. The summed E-state index contributed by atoms with van der Waals surface area (Å²) in [4.78, 5) is 16.3. The van der Waals surface area contributed by atoms with Crippen LogP contribution < -0.4 is 5.32 Å². The summed E-state index contributed by atoms with van der Waals surface area (Å²) < 4.78 is 37.4. The lowest BCUT2D eigenvalue weighted by Crippen LogP contribution is -2.50. The summed E-state index contributed by atoms with van der Waals surface area (Å²) in [5.41, 5.74) is 0.846. The second-order valence-electron chi connectivity index (χ2n) is 7.14. The Morgan fingerprint density at radius 2 is 1.78 bits per heavy atom. The van der Waals surface area contributed by atoms with Crippen molar-refractivity contribution in [2.75, 3.05) is 24.6 Å². The van der Waals surface area contributed by atoms with E-state index in [0.29, 0.717) is 4.88 Å². The van der Waals surface area contributed by atoms with Gasteiger partial charge in [-0.25, -0.2) is 12.8 Å². The van der Waals surface area contributed by atoms with E-state index in [1.807, 2.05) is 6.07 Å². The minimum atomic E-state index is -3.14. The summed E-state index contributed by atoms with van der Waals surface area (Å²) in [6.45, 7) is 1.78. The normalized spacial score (nSPS) is 24.9. The van der Waals surface area contributed by atoms with E-state index in [-0.39, 0.29) is 35.3 Å². The van der Waals surface area contributed by atoms with E-state index in [1.54, 1.807) is 18.2 Å². The number of hydrogen-bond donors (Lipinski definition) is 1. The smallest absolute Gasteiger partial charge is 0.261 e. The summed E-state index contributed by atoms with van der Waals surface area (Å²) in [5, 5.41) is 2.94. The van der Waals surface area contributed by atoms with Crippen molar-refractivity contribution in [1.29, 1.82) is 0 Å². The van der Waals surface area contributed by atoms with Gasteiger partial charge in [0.25, 0.3) is 5.91 Å². The molecule has 5 nitrogen and oxygen atoms in total. The van der Waals surface area contributed by atoms with E-state index in [0.717, 1.165) is 36.4 Å². The van der Waals surface area contributed by atoms with E-state index < -0.39 is 9.84 Å². The molecule has 1 N–H and O–H groups in total. The van der Waals surface area contributed by atoms with Gasteiger partial charge >= 0.3 is 0 Å². The first-order valence-corrected chi connectivity index (χ1v) is 11.7. The first-order valence-electron chi connectivity index (χ1n) is 9.02. The number of hydrogen-bond acceptors (Lipinski definition) is 5. The Labute approximate surface area is 162 Å². The minimum absolute atomic E-state index is 0.00387. The zero-order chi connectivity index (χ0) is 19.0. The van der Waals surface area contributed by atoms with Gasteiger partial charge in [0.1, 0.15) is 5.82 Å². The average Bonchev–Trinajstić information content (AvgIpc) is 3.35. The van der Waals surface area contributed by atoms with Crippen LogP contribution in [-0.2, 0) is 9.84 Å². The first kappa shape index (κ1) is 18.6. The fourth-order valence-corrected chi connectivity index (χ4v) is 6.74. The fourth-order valence-electron chi connectivity index (χ4n) is 3.87. The highest BCUT2D eigenvalue weighted by Crippen LogP contribution is 2.29. The van der Waals surface area contributed by atoms with Gasteiger partial charge in [0.2, 0.25) is 0 Å². The molecule has 2 atom stereocenters. The molecule has 2 saturated heterocycles. The second kappa shape index (κ2) is 7.33. The predicted molar refractivity (Wildman–Crippen MR) is 104 cm³/mol. The molecule has 1 aromatic carbocycles. The number of nitrogens with one attached hydrogen (secondary N) is 1. The molecule has 27 heavy (non-hydrogen) atoms. The number of carbonyl (C=O) groups excluding carboxylic acids is 1. The minimum Gasteiger partial charge on any atom is -0.346 e. The average molecular weight is 409 g/mol.